The van der Waals surface area contributed by atoms with E-state index < -0.39 is 28.7 Å². The van der Waals surface area contributed by atoms with Crippen molar-refractivity contribution in [2.75, 3.05) is 58.8 Å². The number of phenols is 2. The second-order valence-corrected chi connectivity index (χ2v) is 51.1. The molecule has 5 aliphatic carbocycles. The summed E-state index contributed by atoms with van der Waals surface area (Å²) >= 11 is 4.63. The molecule has 0 saturated heterocycles. The van der Waals surface area contributed by atoms with Gasteiger partial charge in [0.2, 0.25) is 0 Å². The molecule has 0 atom stereocenters. The first-order valence-electron chi connectivity index (χ1n) is 49.5. The van der Waals surface area contributed by atoms with E-state index in [9.17, 15) is 19.5 Å². The van der Waals surface area contributed by atoms with E-state index in [0.29, 0.717) is 57.1 Å². The number of hydrogen-bond donors (Lipinski definition) is 7. The fourth-order valence-corrected chi connectivity index (χ4v) is 26.8. The Bertz CT molecular complexity index is 5300. The van der Waals surface area contributed by atoms with Crippen molar-refractivity contribution in [3.8, 4) is 28.7 Å². The third-order valence-electron chi connectivity index (χ3n) is 26.0. The average Bonchev–Trinajstić information content (AvgIpc) is 0.696. The second-order valence-electron chi connectivity index (χ2n) is 42.1. The first-order chi connectivity index (χ1) is 65.2. The Kier molecular flexibility index (Phi) is 45.0. The summed E-state index contributed by atoms with van der Waals surface area (Å²) < 4.78 is 27.0. The minimum atomic E-state index is -2.91. The molecule has 17 heteroatoms. The Morgan fingerprint density at radius 1 is 0.377 bits per heavy atom. The maximum absolute atomic E-state index is 11.6. The number of aliphatic hydroxyl groups excluding tert-OH is 1. The molecule has 8 aromatic carbocycles. The summed E-state index contributed by atoms with van der Waals surface area (Å²) in [7, 11) is 0. The molecule has 138 heavy (non-hydrogen) atoms. The van der Waals surface area contributed by atoms with Gasteiger partial charge in [0, 0.05) is 25.2 Å². The number of benzene rings is 8. The van der Waals surface area contributed by atoms with Crippen LogP contribution in [0.3, 0.4) is 0 Å². The number of alkyl carbamates (subject to hydrolysis) is 2. The summed E-state index contributed by atoms with van der Waals surface area (Å²) in [5.41, 5.74) is 31.4. The van der Waals surface area contributed by atoms with Crippen LogP contribution in [0.4, 0.5) is 9.59 Å². The van der Waals surface area contributed by atoms with Crippen LogP contribution in [0.5, 0.6) is 28.7 Å². The molecule has 5 aliphatic rings. The summed E-state index contributed by atoms with van der Waals surface area (Å²) in [5, 5.41) is 33.0. The third kappa shape index (κ3) is 36.9. The normalized spacial score (nSPS) is 16.9. The zero-order valence-corrected chi connectivity index (χ0v) is 89.4. The fourth-order valence-electron chi connectivity index (χ4n) is 18.8. The molecule has 15 nitrogen and oxygen atoms in total. The van der Waals surface area contributed by atoms with Crippen LogP contribution in [-0.4, -0.2) is 104 Å². The quantitative estimate of drug-likeness (QED) is 0.0116. The molecule has 2 amide bonds. The molecular weight excluding hydrogens is 1800 g/mol. The van der Waals surface area contributed by atoms with Gasteiger partial charge in [-0.2, -0.15) is 0 Å². The molecular formula is C121H164BrN4O11P. The summed E-state index contributed by atoms with van der Waals surface area (Å²) in [5.74, 6) is 3.01. The van der Waals surface area contributed by atoms with Crippen molar-refractivity contribution in [1.82, 2.24) is 10.6 Å². The van der Waals surface area contributed by atoms with E-state index in [1.165, 1.54) is 180 Å². The summed E-state index contributed by atoms with van der Waals surface area (Å²) in [4.78, 5) is 32.5. The summed E-state index contributed by atoms with van der Waals surface area (Å²) in [6, 6.07) is 71.5. The van der Waals surface area contributed by atoms with Crippen LogP contribution in [-0.2, 0) is 9.47 Å². The van der Waals surface area contributed by atoms with Crippen molar-refractivity contribution in [1.29, 1.82) is 0 Å². The minimum absolute atomic E-state index is 0.0702. The molecule has 0 aromatic heterocycles. The van der Waals surface area contributed by atoms with Gasteiger partial charge in [-0.05, 0) is 273 Å². The molecule has 0 radical (unpaired) electrons. The fraction of sp³-hybridized carbons (Fsp3) is 0.430. The standard InChI is InChI=1S/C28H32BrP.C24H35NO3.2C19H27NO.C17H22O.C7H15NO3.C7H6O2/c1-23-14-13-21-28(2,3)27(23)22-30(29,24-15-7-4-8-16-24,25-17-9-5-10-18-25)26-19-11-6-12-20-26;1-18-9-8-14-24(5,6)21(18)13-12-19-10-7-11-20(17-19)27-16-15-25-22(26)28-23(2,3)4;2*1-15-6-5-11-19(2,3)18(15)10-9-16-7-4-8-17(14-16)21-13-12-20;1-13-6-5-11-17(2,3)16(13)10-9-14-7-4-8-15(18)12-14;1-7(2,3)11-6(10)8-4-5-9;8-5-6-2-1-3-7(9)4-6/h4-12,15-20H,13-14,21-22H2,1-3H3;7,10-13,17H,8-9,14-16H2,1-6H3,(H,25,26);2*4,7-10,14H,5-6,11-13,20H2,1-3H3;4,7-10,12,18H,5-6,11H2,1-3H3;9H,4-5H2,1-3H3,(H,8,10);1-5,9H/b;;2*10-9+;;;. The minimum Gasteiger partial charge on any atom is -0.508 e. The van der Waals surface area contributed by atoms with E-state index in [0.717, 1.165) is 34.5 Å². The molecule has 0 aliphatic heterocycles. The van der Waals surface area contributed by atoms with Crippen molar-refractivity contribution in [3.05, 3.63) is 320 Å². The maximum atomic E-state index is 11.6. The molecule has 8 aromatic rings. The van der Waals surface area contributed by atoms with Crippen molar-refractivity contribution >= 4 is 79.5 Å². The maximum Gasteiger partial charge on any atom is 0.150 e. The van der Waals surface area contributed by atoms with Crippen LogP contribution < -0.4 is 52.2 Å². The number of phenolic OH excluding ortho intramolecular Hbond substituents is 2. The molecule has 13 rings (SSSR count). The number of aromatic hydroxyl groups is 2. The molecule has 0 bridgehead atoms. The number of hydrogen-bond acceptors (Lipinski definition) is 13. The predicted molar refractivity (Wildman–Crippen MR) is 588 cm³/mol. The summed E-state index contributed by atoms with van der Waals surface area (Å²) in [6.45, 7) is 49.0. The molecule has 9 N–H and O–H groups in total. The number of rotatable bonds is 26. The van der Waals surface area contributed by atoms with Crippen molar-refractivity contribution in [2.45, 2.75) is 253 Å². The Balaban J connectivity index is 0.000000225. The number of halogens is 1. The zero-order chi connectivity index (χ0) is 101. The van der Waals surface area contributed by atoms with E-state index in [2.05, 4.69) is 300 Å². The third-order valence-corrected chi connectivity index (χ3v) is 35.5. The van der Waals surface area contributed by atoms with Crippen LogP contribution in [0.2, 0.25) is 0 Å². The average molecular weight is 1960 g/mol. The monoisotopic (exact) mass is 1960 g/mol. The van der Waals surface area contributed by atoms with E-state index in [4.69, 9.17) is 45.4 Å². The smallest absolute Gasteiger partial charge is 0.150 e. The van der Waals surface area contributed by atoms with Crippen LogP contribution in [0.15, 0.2) is 292 Å². The number of aldehydes is 1. The number of nitrogens with one attached hydrogen (secondary N) is 2. The van der Waals surface area contributed by atoms with Gasteiger partial charge in [-0.15, -0.1) is 0 Å². The van der Waals surface area contributed by atoms with Crippen molar-refractivity contribution in [2.24, 2.45) is 38.5 Å². The van der Waals surface area contributed by atoms with Crippen LogP contribution in [0, 0.1) is 27.1 Å². The number of aliphatic hydroxyl groups is 1. The Morgan fingerprint density at radius 3 is 0.942 bits per heavy atom. The van der Waals surface area contributed by atoms with E-state index in [-0.39, 0.29) is 46.0 Å². The van der Waals surface area contributed by atoms with Crippen molar-refractivity contribution < 1.29 is 53.4 Å². The molecule has 0 fully saturated rings. The number of amides is 2. The Labute approximate surface area is 837 Å². The van der Waals surface area contributed by atoms with Crippen LogP contribution in [0.25, 0.3) is 24.3 Å². The van der Waals surface area contributed by atoms with Gasteiger partial charge in [0.15, 0.2) is 0 Å². The summed E-state index contributed by atoms with van der Waals surface area (Å²) in [6.07, 6.45) is 37.4. The number of carbonyl (C=O) groups excluding carboxylic acids is 3. The number of nitrogens with two attached hydrogens (primary N) is 2. The number of ether oxygens (including phenoxy) is 5. The Hall–Kier alpha value is -10.6. The van der Waals surface area contributed by atoms with Gasteiger partial charge < -0.3 is 61.1 Å². The first kappa shape index (κ1) is 114. The van der Waals surface area contributed by atoms with Crippen LogP contribution in [0.1, 0.15) is 274 Å². The van der Waals surface area contributed by atoms with Crippen molar-refractivity contribution in [3.63, 3.8) is 0 Å². The first-order valence-corrected chi connectivity index (χ1v) is 54.0. The van der Waals surface area contributed by atoms with E-state index in [1.807, 2.05) is 75.4 Å². The molecule has 0 unspecified atom stereocenters. The largest absolute Gasteiger partial charge is 0.508 e. The Morgan fingerprint density at radius 2 is 0.659 bits per heavy atom. The molecule has 0 spiro atoms. The van der Waals surface area contributed by atoms with Gasteiger partial charge in [0.25, 0.3) is 0 Å². The van der Waals surface area contributed by atoms with Gasteiger partial charge in [0.1, 0.15) is 66.1 Å². The van der Waals surface area contributed by atoms with E-state index in [1.54, 1.807) is 56.2 Å². The topological polar surface area (TPSA) is 234 Å². The number of carbonyl (C=O) groups is 3. The van der Waals surface area contributed by atoms with Gasteiger partial charge in [-0.25, -0.2) is 9.59 Å². The van der Waals surface area contributed by atoms with Crippen LogP contribution >= 0.6 is 20.8 Å². The van der Waals surface area contributed by atoms with Gasteiger partial charge in [-0.3, -0.25) is 4.79 Å². The van der Waals surface area contributed by atoms with Gasteiger partial charge in [-0.1, -0.05) is 187 Å². The van der Waals surface area contributed by atoms with Gasteiger partial charge >= 0.3 is 203 Å². The molecule has 0 saturated carbocycles. The molecule has 746 valence electrons. The number of allylic oxidation sites excluding steroid dienone is 14. The zero-order valence-electron chi connectivity index (χ0n) is 87.0. The molecule has 0 heterocycles. The predicted octanol–water partition coefficient (Wildman–Crippen LogP) is 29.3. The second kappa shape index (κ2) is 54.3. The van der Waals surface area contributed by atoms with Gasteiger partial charge in [0.05, 0.1) is 13.2 Å². The van der Waals surface area contributed by atoms with E-state index >= 15 is 0 Å². The SMILES string of the molecule is CC(C)(C)OC(=O)NCCO.CC1=C(/C=C/c2cccc(OCCN)c2)C(C)(C)CCC1.CC1=C(/C=C/c2cccc(OCCN)c2)C(C)(C)CCC1.CC1=C(C=Cc2cccc(O)c2)C(C)(C)CCC1.CC1=C(C=Cc2cccc(OCCNC(=O)OC(C)(C)C)c2)C(C)(C)CCC1.CC1=C(CP(Br)(c2ccccc2)(c2ccccc2)c2ccccc2)C(C)(C)CCC1.O=Cc1cccc(O)c1.